The molecule has 0 amide bonds. The zero-order valence-corrected chi connectivity index (χ0v) is 9.84. The van der Waals surface area contributed by atoms with Gasteiger partial charge in [-0.2, -0.15) is 5.26 Å². The first-order chi connectivity index (χ1) is 8.83. The van der Waals surface area contributed by atoms with Crippen LogP contribution in [0, 0.1) is 11.3 Å². The van der Waals surface area contributed by atoms with Gasteiger partial charge in [-0.25, -0.2) is 0 Å². The molecule has 0 fully saturated rings. The second kappa shape index (κ2) is 5.85. The third-order valence-corrected chi connectivity index (χ3v) is 2.59. The molecule has 0 aromatic heterocycles. The number of rotatable bonds is 4. The van der Waals surface area contributed by atoms with Crippen LogP contribution in [0.3, 0.4) is 0 Å². The molecule has 0 heterocycles. The van der Waals surface area contributed by atoms with Crippen LogP contribution < -0.4 is 4.74 Å². The number of nitriles is 1. The molecule has 0 aliphatic heterocycles. The van der Waals surface area contributed by atoms with Crippen LogP contribution in [0.1, 0.15) is 16.7 Å². The summed E-state index contributed by atoms with van der Waals surface area (Å²) in [4.78, 5) is 0. The van der Waals surface area contributed by atoms with Crippen molar-refractivity contribution in [2.45, 2.75) is 13.2 Å². The Kier molecular flexibility index (Phi) is 3.95. The second-order valence-electron chi connectivity index (χ2n) is 3.87. The van der Waals surface area contributed by atoms with E-state index in [1.807, 2.05) is 30.3 Å². The number of aliphatic hydroxyl groups is 1. The molecule has 0 atom stereocenters. The molecule has 0 bridgehead atoms. The quantitative estimate of drug-likeness (QED) is 0.892. The standard InChI is InChI=1S/C15H13NO2/c16-9-14-7-6-13(10-17)8-15(14)18-11-12-4-2-1-3-5-12/h1-8,17H,10-11H2. The van der Waals surface area contributed by atoms with Crippen LogP contribution in [-0.2, 0) is 13.2 Å². The van der Waals surface area contributed by atoms with Crippen LogP contribution in [0.5, 0.6) is 5.75 Å². The molecule has 0 aliphatic carbocycles. The van der Waals surface area contributed by atoms with E-state index < -0.39 is 0 Å². The average Bonchev–Trinajstić information content (AvgIpc) is 2.45. The first-order valence-electron chi connectivity index (χ1n) is 5.64. The molecular weight excluding hydrogens is 226 g/mol. The number of benzene rings is 2. The van der Waals surface area contributed by atoms with Gasteiger partial charge in [-0.15, -0.1) is 0 Å². The van der Waals surface area contributed by atoms with Crippen molar-refractivity contribution in [3.05, 3.63) is 65.2 Å². The van der Waals surface area contributed by atoms with Gasteiger partial charge >= 0.3 is 0 Å². The van der Waals surface area contributed by atoms with Crippen molar-refractivity contribution in [2.24, 2.45) is 0 Å². The van der Waals surface area contributed by atoms with E-state index in [9.17, 15) is 0 Å². The molecule has 18 heavy (non-hydrogen) atoms. The van der Waals surface area contributed by atoms with E-state index in [1.165, 1.54) is 0 Å². The summed E-state index contributed by atoms with van der Waals surface area (Å²) in [6, 6.07) is 16.9. The first-order valence-corrected chi connectivity index (χ1v) is 5.64. The highest BCUT2D eigenvalue weighted by Crippen LogP contribution is 2.21. The highest BCUT2D eigenvalue weighted by Gasteiger charge is 2.05. The van der Waals surface area contributed by atoms with Gasteiger partial charge in [-0.3, -0.25) is 0 Å². The third-order valence-electron chi connectivity index (χ3n) is 2.59. The van der Waals surface area contributed by atoms with Crippen LogP contribution in [-0.4, -0.2) is 5.11 Å². The molecule has 3 heteroatoms. The molecule has 0 spiro atoms. The lowest BCUT2D eigenvalue weighted by Crippen LogP contribution is -1.98. The highest BCUT2D eigenvalue weighted by atomic mass is 16.5. The van der Waals surface area contributed by atoms with Crippen molar-refractivity contribution in [1.82, 2.24) is 0 Å². The summed E-state index contributed by atoms with van der Waals surface area (Å²) in [7, 11) is 0. The van der Waals surface area contributed by atoms with Crippen LogP contribution in [0.15, 0.2) is 48.5 Å². The second-order valence-corrected chi connectivity index (χ2v) is 3.87. The van der Waals surface area contributed by atoms with Crippen LogP contribution >= 0.6 is 0 Å². The largest absolute Gasteiger partial charge is 0.488 e. The Hall–Kier alpha value is -2.31. The van der Waals surface area contributed by atoms with Gasteiger partial charge in [0.05, 0.1) is 12.2 Å². The Morgan fingerprint density at radius 3 is 2.50 bits per heavy atom. The Morgan fingerprint density at radius 1 is 1.06 bits per heavy atom. The number of ether oxygens (including phenoxy) is 1. The molecule has 0 radical (unpaired) electrons. The van der Waals surface area contributed by atoms with Crippen molar-refractivity contribution < 1.29 is 9.84 Å². The Morgan fingerprint density at radius 2 is 1.83 bits per heavy atom. The molecular formula is C15H13NO2. The van der Waals surface area contributed by atoms with E-state index in [2.05, 4.69) is 6.07 Å². The molecule has 3 nitrogen and oxygen atoms in total. The van der Waals surface area contributed by atoms with E-state index in [0.29, 0.717) is 17.9 Å². The summed E-state index contributed by atoms with van der Waals surface area (Å²) >= 11 is 0. The zero-order valence-electron chi connectivity index (χ0n) is 9.84. The van der Waals surface area contributed by atoms with Crippen LogP contribution in [0.25, 0.3) is 0 Å². The predicted octanol–water partition coefficient (Wildman–Crippen LogP) is 2.63. The van der Waals surface area contributed by atoms with Gasteiger partial charge in [-0.1, -0.05) is 36.4 Å². The number of nitrogens with zero attached hydrogens (tertiary/aromatic N) is 1. The van der Waals surface area contributed by atoms with E-state index in [1.54, 1.807) is 18.2 Å². The highest BCUT2D eigenvalue weighted by molar-refractivity contribution is 5.45. The molecule has 0 saturated heterocycles. The van der Waals surface area contributed by atoms with E-state index in [0.717, 1.165) is 11.1 Å². The monoisotopic (exact) mass is 239 g/mol. The molecule has 2 rings (SSSR count). The third kappa shape index (κ3) is 2.88. The average molecular weight is 239 g/mol. The van der Waals surface area contributed by atoms with Gasteiger partial charge < -0.3 is 9.84 Å². The normalized spacial score (nSPS) is 9.78. The van der Waals surface area contributed by atoms with Gasteiger partial charge in [0.15, 0.2) is 0 Å². The molecule has 2 aromatic carbocycles. The maximum absolute atomic E-state index is 9.07. The topological polar surface area (TPSA) is 53.2 Å². The van der Waals surface area contributed by atoms with Crippen LogP contribution in [0.2, 0.25) is 0 Å². The smallest absolute Gasteiger partial charge is 0.137 e. The maximum atomic E-state index is 9.07. The minimum absolute atomic E-state index is 0.0621. The minimum atomic E-state index is -0.0621. The maximum Gasteiger partial charge on any atom is 0.137 e. The van der Waals surface area contributed by atoms with Gasteiger partial charge in [0.1, 0.15) is 18.4 Å². The zero-order chi connectivity index (χ0) is 12.8. The number of hydrogen-bond acceptors (Lipinski definition) is 3. The van der Waals surface area contributed by atoms with Crippen molar-refractivity contribution in [1.29, 1.82) is 5.26 Å². The summed E-state index contributed by atoms with van der Waals surface area (Å²) < 4.78 is 5.62. The molecule has 0 aliphatic rings. The Labute approximate surface area is 106 Å². The SMILES string of the molecule is N#Cc1ccc(CO)cc1OCc1ccccc1. The van der Waals surface area contributed by atoms with Gasteiger partial charge in [0.25, 0.3) is 0 Å². The Bertz CT molecular complexity index is 558. The van der Waals surface area contributed by atoms with Gasteiger partial charge in [0, 0.05) is 0 Å². The molecule has 0 unspecified atom stereocenters. The van der Waals surface area contributed by atoms with Crippen molar-refractivity contribution >= 4 is 0 Å². The lowest BCUT2D eigenvalue weighted by Gasteiger charge is -2.09. The fourth-order valence-corrected chi connectivity index (χ4v) is 1.61. The van der Waals surface area contributed by atoms with Gasteiger partial charge in [-0.05, 0) is 23.3 Å². The molecule has 0 saturated carbocycles. The number of hydrogen-bond donors (Lipinski definition) is 1. The Balaban J connectivity index is 2.15. The van der Waals surface area contributed by atoms with E-state index in [-0.39, 0.29) is 6.61 Å². The summed E-state index contributed by atoms with van der Waals surface area (Å²) in [6.45, 7) is 0.345. The van der Waals surface area contributed by atoms with Crippen molar-refractivity contribution in [3.63, 3.8) is 0 Å². The summed E-state index contributed by atoms with van der Waals surface area (Å²) in [5, 5.41) is 18.1. The summed E-state index contributed by atoms with van der Waals surface area (Å²) in [5.41, 5.74) is 2.25. The van der Waals surface area contributed by atoms with Crippen LogP contribution in [0.4, 0.5) is 0 Å². The molecule has 2 aromatic rings. The fourth-order valence-electron chi connectivity index (χ4n) is 1.61. The van der Waals surface area contributed by atoms with Crippen molar-refractivity contribution in [3.8, 4) is 11.8 Å². The minimum Gasteiger partial charge on any atom is -0.488 e. The van der Waals surface area contributed by atoms with E-state index in [4.69, 9.17) is 15.1 Å². The fraction of sp³-hybridized carbons (Fsp3) is 0.133. The van der Waals surface area contributed by atoms with Crippen molar-refractivity contribution in [2.75, 3.05) is 0 Å². The van der Waals surface area contributed by atoms with Gasteiger partial charge in [0.2, 0.25) is 0 Å². The number of aliphatic hydroxyl groups excluding tert-OH is 1. The predicted molar refractivity (Wildman–Crippen MR) is 67.9 cm³/mol. The lowest BCUT2D eigenvalue weighted by molar-refractivity contribution is 0.278. The first kappa shape index (κ1) is 12.2. The molecule has 1 N–H and O–H groups in total. The van der Waals surface area contributed by atoms with E-state index >= 15 is 0 Å². The summed E-state index contributed by atoms with van der Waals surface area (Å²) in [6.07, 6.45) is 0. The summed E-state index contributed by atoms with van der Waals surface area (Å²) in [5.74, 6) is 0.507. The lowest BCUT2D eigenvalue weighted by atomic mass is 10.1. The molecule has 90 valence electrons.